The first kappa shape index (κ1) is 24.8. The third kappa shape index (κ3) is 3.80. The number of likely N-dealkylation sites (N-methyl/N-ethyl adjacent to an activating group) is 1. The zero-order chi connectivity index (χ0) is 25.9. The van der Waals surface area contributed by atoms with Crippen molar-refractivity contribution in [3.63, 3.8) is 0 Å². The number of fused-ring (bicyclic) bond motifs is 3. The molecular formula is C28H37N5O3. The van der Waals surface area contributed by atoms with Crippen LogP contribution in [0, 0.1) is 18.4 Å². The van der Waals surface area contributed by atoms with Gasteiger partial charge >= 0.3 is 6.17 Å². The minimum Gasteiger partial charge on any atom is -0.332 e. The van der Waals surface area contributed by atoms with Crippen LogP contribution in [0.4, 0.5) is 5.69 Å². The number of benzene rings is 1. The summed E-state index contributed by atoms with van der Waals surface area (Å²) < 4.78 is 0. The van der Waals surface area contributed by atoms with Crippen molar-refractivity contribution >= 4 is 23.4 Å². The van der Waals surface area contributed by atoms with Gasteiger partial charge in [-0.15, -0.1) is 0 Å². The molecule has 1 saturated carbocycles. The Morgan fingerprint density at radius 2 is 1.94 bits per heavy atom. The van der Waals surface area contributed by atoms with Gasteiger partial charge in [0, 0.05) is 31.4 Å². The van der Waals surface area contributed by atoms with Crippen molar-refractivity contribution in [2.45, 2.75) is 89.1 Å². The summed E-state index contributed by atoms with van der Waals surface area (Å²) in [7, 11) is 1.74. The normalized spacial score (nSPS) is 31.4. The summed E-state index contributed by atoms with van der Waals surface area (Å²) in [5.74, 6) is 0.377. The van der Waals surface area contributed by atoms with Crippen molar-refractivity contribution in [3.8, 4) is 0 Å². The molecule has 2 saturated heterocycles. The number of anilines is 1. The second-order valence-corrected chi connectivity index (χ2v) is 11.8. The highest BCUT2D eigenvalue weighted by molar-refractivity contribution is 6.07. The van der Waals surface area contributed by atoms with Gasteiger partial charge in [-0.1, -0.05) is 32.0 Å². The number of hydrogen-bond acceptors (Lipinski definition) is 4. The fourth-order valence-electron chi connectivity index (χ4n) is 6.87. The van der Waals surface area contributed by atoms with E-state index in [2.05, 4.69) is 28.9 Å². The Morgan fingerprint density at radius 1 is 1.22 bits per heavy atom. The zero-order valence-electron chi connectivity index (χ0n) is 21.9. The number of piperidine rings is 1. The van der Waals surface area contributed by atoms with Crippen LogP contribution in [-0.4, -0.2) is 76.3 Å². The van der Waals surface area contributed by atoms with Crippen LogP contribution in [0.3, 0.4) is 0 Å². The highest BCUT2D eigenvalue weighted by Crippen LogP contribution is 2.50. The van der Waals surface area contributed by atoms with Crippen LogP contribution in [0.2, 0.25) is 0 Å². The molecule has 0 aromatic heterocycles. The van der Waals surface area contributed by atoms with Gasteiger partial charge in [-0.3, -0.25) is 29.0 Å². The lowest BCUT2D eigenvalue weighted by Gasteiger charge is -2.37. The highest BCUT2D eigenvalue weighted by atomic mass is 16.2. The van der Waals surface area contributed by atoms with E-state index >= 15 is 0 Å². The Labute approximate surface area is 213 Å². The second-order valence-electron chi connectivity index (χ2n) is 11.8. The Hall–Kier alpha value is -2.92. The maximum absolute atomic E-state index is 14.1. The number of carbonyl (C=O) groups is 3. The number of amides is 3. The number of para-hydroxylation sites is 1. The van der Waals surface area contributed by atoms with Gasteiger partial charge in [0.15, 0.2) is 0 Å². The molecule has 192 valence electrons. The van der Waals surface area contributed by atoms with Crippen molar-refractivity contribution in [1.29, 1.82) is 0 Å². The van der Waals surface area contributed by atoms with Crippen LogP contribution in [-0.2, 0) is 19.8 Å². The van der Waals surface area contributed by atoms with Crippen LogP contribution in [0.25, 0.3) is 4.85 Å². The number of hydrogen-bond donors (Lipinski definition) is 1. The van der Waals surface area contributed by atoms with E-state index in [0.717, 1.165) is 24.1 Å². The van der Waals surface area contributed by atoms with Crippen LogP contribution in [0.5, 0.6) is 0 Å². The summed E-state index contributed by atoms with van der Waals surface area (Å²) in [5, 5.41) is 2.95. The molecule has 4 aliphatic rings. The van der Waals surface area contributed by atoms with Gasteiger partial charge in [-0.05, 0) is 56.6 Å². The van der Waals surface area contributed by atoms with E-state index in [1.165, 1.54) is 0 Å². The van der Waals surface area contributed by atoms with Gasteiger partial charge in [0.05, 0.1) is 12.5 Å². The monoisotopic (exact) mass is 491 g/mol. The van der Waals surface area contributed by atoms with E-state index in [0.29, 0.717) is 18.4 Å². The van der Waals surface area contributed by atoms with E-state index in [4.69, 9.17) is 6.57 Å². The molecule has 0 unspecified atom stereocenters. The van der Waals surface area contributed by atoms with Crippen molar-refractivity contribution in [1.82, 2.24) is 14.7 Å². The Morgan fingerprint density at radius 3 is 2.61 bits per heavy atom. The zero-order valence-corrected chi connectivity index (χ0v) is 21.9. The largest absolute Gasteiger partial charge is 0.332 e. The maximum atomic E-state index is 14.1. The molecule has 6 atom stereocenters. The molecule has 3 amide bonds. The van der Waals surface area contributed by atoms with Crippen molar-refractivity contribution in [3.05, 3.63) is 41.2 Å². The number of rotatable bonds is 6. The standard InChI is InChI=1S/C28H37N5O3/c1-16(2)11-22(31(6)25(34)23-13-18-12-21(18)33(23)17(3)4)26(35)32-15-28(14-24(32)29-5)19-9-7-8-10-20(19)30-27(28)36/h7-10,16-18,21-24H,11-15H2,1-4,6H3,(H,30,36)/t18-,21-,22+,23+,24+,28+/m1/s1. The average molecular weight is 492 g/mol. The lowest BCUT2D eigenvalue weighted by Crippen LogP contribution is -2.56. The van der Waals surface area contributed by atoms with Crippen LogP contribution in [0.15, 0.2) is 24.3 Å². The SMILES string of the molecule is [C-]#[N+][C@@H]1C[C@@]2(CN1C(=O)[C@H](CC(C)C)N(C)C(=O)[C@@H]1C[C@H]3C[C@H]3N1C(C)C)C(=O)Nc1ccccc12. The van der Waals surface area contributed by atoms with Gasteiger partial charge < -0.3 is 10.2 Å². The summed E-state index contributed by atoms with van der Waals surface area (Å²) in [6, 6.07) is 7.42. The molecule has 1 aromatic carbocycles. The Balaban J connectivity index is 1.41. The number of nitrogens with one attached hydrogen (secondary N) is 1. The van der Waals surface area contributed by atoms with Gasteiger partial charge in [-0.25, -0.2) is 6.57 Å². The summed E-state index contributed by atoms with van der Waals surface area (Å²) in [4.78, 5) is 50.3. The van der Waals surface area contributed by atoms with Crippen molar-refractivity contribution in [2.75, 3.05) is 18.9 Å². The predicted octanol–water partition coefficient (Wildman–Crippen LogP) is 3.10. The predicted molar refractivity (Wildman–Crippen MR) is 137 cm³/mol. The smallest absolute Gasteiger partial charge is 0.302 e. The summed E-state index contributed by atoms with van der Waals surface area (Å²) >= 11 is 0. The lowest BCUT2D eigenvalue weighted by molar-refractivity contribution is -0.148. The van der Waals surface area contributed by atoms with Crippen LogP contribution < -0.4 is 5.32 Å². The topological polar surface area (TPSA) is 77.3 Å². The minimum atomic E-state index is -0.923. The summed E-state index contributed by atoms with van der Waals surface area (Å²) in [5.41, 5.74) is 0.676. The van der Waals surface area contributed by atoms with E-state index in [1.54, 1.807) is 16.8 Å². The third-order valence-electron chi connectivity index (χ3n) is 8.72. The quantitative estimate of drug-likeness (QED) is 0.621. The molecule has 1 N–H and O–H groups in total. The minimum absolute atomic E-state index is 0.00729. The summed E-state index contributed by atoms with van der Waals surface area (Å²) in [6.45, 7) is 16.4. The molecule has 5 rings (SSSR count). The van der Waals surface area contributed by atoms with Crippen LogP contribution in [0.1, 0.15) is 58.9 Å². The second kappa shape index (κ2) is 8.88. The average Bonchev–Trinajstić information content (AvgIpc) is 3.22. The number of nitrogens with zero attached hydrogens (tertiary/aromatic N) is 4. The van der Waals surface area contributed by atoms with E-state index in [9.17, 15) is 14.4 Å². The first-order valence-electron chi connectivity index (χ1n) is 13.2. The molecule has 8 nitrogen and oxygen atoms in total. The summed E-state index contributed by atoms with van der Waals surface area (Å²) in [6.07, 6.45) is 2.05. The van der Waals surface area contributed by atoms with Crippen molar-refractivity contribution in [2.24, 2.45) is 11.8 Å². The molecule has 1 spiro atoms. The molecule has 0 bridgehead atoms. The fourth-order valence-corrected chi connectivity index (χ4v) is 6.87. The third-order valence-corrected chi connectivity index (χ3v) is 8.72. The maximum Gasteiger partial charge on any atom is 0.302 e. The van der Waals surface area contributed by atoms with Crippen molar-refractivity contribution < 1.29 is 14.4 Å². The fraction of sp³-hybridized carbons (Fsp3) is 0.643. The van der Waals surface area contributed by atoms with E-state index in [1.807, 2.05) is 38.1 Å². The molecule has 3 aliphatic heterocycles. The number of likely N-dealkylation sites (tertiary alicyclic amines) is 2. The molecule has 36 heavy (non-hydrogen) atoms. The van der Waals surface area contributed by atoms with Gasteiger partial charge in [-0.2, -0.15) is 0 Å². The molecule has 3 heterocycles. The van der Waals surface area contributed by atoms with E-state index < -0.39 is 17.6 Å². The van der Waals surface area contributed by atoms with Gasteiger partial charge in [0.2, 0.25) is 11.8 Å². The van der Waals surface area contributed by atoms with Gasteiger partial charge in [0.25, 0.3) is 5.91 Å². The Kier molecular flexibility index (Phi) is 6.11. The van der Waals surface area contributed by atoms with E-state index in [-0.39, 0.29) is 48.7 Å². The first-order chi connectivity index (χ1) is 17.1. The molecule has 0 radical (unpaired) electrons. The molecule has 8 heteroatoms. The van der Waals surface area contributed by atoms with Gasteiger partial charge in [0.1, 0.15) is 11.5 Å². The van der Waals surface area contributed by atoms with Crippen LogP contribution >= 0.6 is 0 Å². The lowest BCUT2D eigenvalue weighted by atomic mass is 9.80. The Bertz CT molecular complexity index is 1130. The molecule has 3 fully saturated rings. The molecular weight excluding hydrogens is 454 g/mol. The highest BCUT2D eigenvalue weighted by Gasteiger charge is 2.60. The molecule has 1 aliphatic carbocycles. The first-order valence-corrected chi connectivity index (χ1v) is 13.2. The molecule has 1 aromatic rings. The number of carbonyl (C=O) groups excluding carboxylic acids is 3.